The van der Waals surface area contributed by atoms with Crippen LogP contribution in [0.15, 0.2) is 36.9 Å². The minimum atomic E-state index is -0.734. The van der Waals surface area contributed by atoms with Crippen LogP contribution in [0.1, 0.15) is 19.4 Å². The Balaban J connectivity index is 2.80. The van der Waals surface area contributed by atoms with Crippen molar-refractivity contribution in [3.63, 3.8) is 0 Å². The van der Waals surface area contributed by atoms with Crippen LogP contribution in [0.4, 0.5) is 10.5 Å². The summed E-state index contributed by atoms with van der Waals surface area (Å²) in [5.74, 6) is -0.389. The fraction of sp³-hybridized carbons (Fsp3) is 0.333. The summed E-state index contributed by atoms with van der Waals surface area (Å²) < 4.78 is 0. The maximum atomic E-state index is 11.8. The van der Waals surface area contributed by atoms with Crippen molar-refractivity contribution in [3.05, 3.63) is 42.5 Å². The Bertz CT molecular complexity index is 506. The fourth-order valence-corrected chi connectivity index (χ4v) is 1.61. The zero-order valence-corrected chi connectivity index (χ0v) is 12.1. The number of rotatable bonds is 5. The van der Waals surface area contributed by atoms with Crippen LogP contribution in [0.25, 0.3) is 0 Å². The van der Waals surface area contributed by atoms with Crippen LogP contribution >= 0.6 is 0 Å². The Labute approximate surface area is 119 Å². The summed E-state index contributed by atoms with van der Waals surface area (Å²) in [5, 5.41) is 2.76. The molecule has 0 aliphatic carbocycles. The predicted octanol–water partition coefficient (Wildman–Crippen LogP) is 2.10. The molecule has 3 amide bonds. The molecule has 0 bridgehead atoms. The second-order valence-corrected chi connectivity index (χ2v) is 5.17. The molecule has 0 aliphatic rings. The molecule has 0 saturated carbocycles. The number of hydrogen-bond donors (Lipinski definition) is 2. The highest BCUT2D eigenvalue weighted by molar-refractivity contribution is 5.89. The Kier molecular flexibility index (Phi) is 4.91. The highest BCUT2D eigenvalue weighted by Crippen LogP contribution is 2.24. The number of primary amides is 1. The summed E-state index contributed by atoms with van der Waals surface area (Å²) in [6.45, 7) is 7.58. The number of urea groups is 1. The Morgan fingerprint density at radius 2 is 1.90 bits per heavy atom. The van der Waals surface area contributed by atoms with Gasteiger partial charge in [0.25, 0.3) is 0 Å². The molecule has 0 aliphatic heterocycles. The second-order valence-electron chi connectivity index (χ2n) is 5.17. The lowest BCUT2D eigenvalue weighted by atomic mass is 9.84. The molecular weight excluding hydrogens is 254 g/mol. The number of nitrogens with zero attached hydrogens (tertiary/aromatic N) is 1. The average Bonchev–Trinajstić information content (AvgIpc) is 2.39. The largest absolute Gasteiger partial charge is 0.369 e. The summed E-state index contributed by atoms with van der Waals surface area (Å²) in [4.78, 5) is 24.7. The molecule has 0 heterocycles. The minimum Gasteiger partial charge on any atom is -0.369 e. The van der Waals surface area contributed by atoms with E-state index in [0.717, 1.165) is 5.56 Å². The molecule has 0 atom stereocenters. The number of hydrogen-bond acceptors (Lipinski definition) is 2. The molecule has 0 saturated heterocycles. The molecule has 20 heavy (non-hydrogen) atoms. The van der Waals surface area contributed by atoms with E-state index >= 15 is 0 Å². The molecule has 0 unspecified atom stereocenters. The molecule has 0 aromatic heterocycles. The number of nitrogens with one attached hydrogen (secondary N) is 1. The molecule has 5 nitrogen and oxygen atoms in total. The minimum absolute atomic E-state index is 0.216. The van der Waals surface area contributed by atoms with E-state index in [1.807, 2.05) is 0 Å². The van der Waals surface area contributed by atoms with Crippen LogP contribution in [-0.4, -0.2) is 30.4 Å². The second kappa shape index (κ2) is 6.23. The van der Waals surface area contributed by atoms with Gasteiger partial charge in [-0.25, -0.2) is 4.79 Å². The number of anilines is 1. The van der Waals surface area contributed by atoms with Crippen molar-refractivity contribution in [1.29, 1.82) is 0 Å². The SMILES string of the molecule is C=CCN(C)C(=O)Nc1ccc(C(C)(C)C(N)=O)cc1. The van der Waals surface area contributed by atoms with Crippen LogP contribution in [0, 0.1) is 0 Å². The van der Waals surface area contributed by atoms with Crippen LogP contribution in [0.5, 0.6) is 0 Å². The topological polar surface area (TPSA) is 75.4 Å². The van der Waals surface area contributed by atoms with E-state index in [9.17, 15) is 9.59 Å². The Morgan fingerprint density at radius 1 is 1.35 bits per heavy atom. The van der Waals surface area contributed by atoms with Gasteiger partial charge in [-0.1, -0.05) is 18.2 Å². The van der Waals surface area contributed by atoms with E-state index in [-0.39, 0.29) is 11.9 Å². The molecule has 0 spiro atoms. The highest BCUT2D eigenvalue weighted by Gasteiger charge is 2.27. The van der Waals surface area contributed by atoms with Gasteiger partial charge in [-0.05, 0) is 31.5 Å². The smallest absolute Gasteiger partial charge is 0.321 e. The summed E-state index contributed by atoms with van der Waals surface area (Å²) in [6.07, 6.45) is 1.65. The predicted molar refractivity (Wildman–Crippen MR) is 80.5 cm³/mol. The van der Waals surface area contributed by atoms with Gasteiger partial charge in [-0.15, -0.1) is 6.58 Å². The number of carbonyl (C=O) groups excluding carboxylic acids is 2. The van der Waals surface area contributed by atoms with Crippen LogP contribution in [0.2, 0.25) is 0 Å². The van der Waals surface area contributed by atoms with E-state index in [1.54, 1.807) is 51.2 Å². The first-order valence-corrected chi connectivity index (χ1v) is 6.32. The van der Waals surface area contributed by atoms with Crippen LogP contribution in [0.3, 0.4) is 0 Å². The van der Waals surface area contributed by atoms with Gasteiger partial charge in [-0.3, -0.25) is 4.79 Å². The molecule has 1 aromatic carbocycles. The lowest BCUT2D eigenvalue weighted by Crippen LogP contribution is -2.35. The van der Waals surface area contributed by atoms with Crippen molar-refractivity contribution >= 4 is 17.6 Å². The molecule has 1 rings (SSSR count). The molecule has 0 radical (unpaired) electrons. The van der Waals surface area contributed by atoms with Crippen molar-refractivity contribution in [3.8, 4) is 0 Å². The Morgan fingerprint density at radius 3 is 2.35 bits per heavy atom. The number of benzene rings is 1. The third kappa shape index (κ3) is 3.60. The summed E-state index contributed by atoms with van der Waals surface area (Å²) in [5.41, 5.74) is 6.11. The van der Waals surface area contributed by atoms with Gasteiger partial charge in [0.2, 0.25) is 5.91 Å². The van der Waals surface area contributed by atoms with E-state index in [4.69, 9.17) is 5.73 Å². The lowest BCUT2D eigenvalue weighted by molar-refractivity contribution is -0.122. The molecule has 108 valence electrons. The first kappa shape index (κ1) is 15.8. The third-order valence-corrected chi connectivity index (χ3v) is 3.22. The first-order chi connectivity index (χ1) is 9.28. The van der Waals surface area contributed by atoms with E-state index in [2.05, 4.69) is 11.9 Å². The van der Waals surface area contributed by atoms with Gasteiger partial charge in [0.15, 0.2) is 0 Å². The van der Waals surface area contributed by atoms with Crippen LogP contribution < -0.4 is 11.1 Å². The number of likely N-dealkylation sites (N-methyl/N-ethyl adjacent to an activating group) is 1. The zero-order valence-electron chi connectivity index (χ0n) is 12.1. The molecule has 1 aromatic rings. The van der Waals surface area contributed by atoms with Gasteiger partial charge in [0.05, 0.1) is 5.41 Å². The van der Waals surface area contributed by atoms with Crippen molar-refractivity contribution in [2.24, 2.45) is 5.73 Å². The number of nitrogens with two attached hydrogens (primary N) is 1. The summed E-state index contributed by atoms with van der Waals surface area (Å²) >= 11 is 0. The average molecular weight is 275 g/mol. The van der Waals surface area contributed by atoms with E-state index in [0.29, 0.717) is 12.2 Å². The lowest BCUT2D eigenvalue weighted by Gasteiger charge is -2.21. The summed E-state index contributed by atoms with van der Waals surface area (Å²) in [7, 11) is 1.68. The highest BCUT2D eigenvalue weighted by atomic mass is 16.2. The normalized spacial score (nSPS) is 10.8. The van der Waals surface area contributed by atoms with Crippen molar-refractivity contribution in [2.45, 2.75) is 19.3 Å². The van der Waals surface area contributed by atoms with Crippen molar-refractivity contribution in [1.82, 2.24) is 4.90 Å². The van der Waals surface area contributed by atoms with Gasteiger partial charge < -0.3 is 16.0 Å². The van der Waals surface area contributed by atoms with Crippen LogP contribution in [-0.2, 0) is 10.2 Å². The Hall–Kier alpha value is -2.30. The quantitative estimate of drug-likeness (QED) is 0.807. The van der Waals surface area contributed by atoms with Crippen molar-refractivity contribution < 1.29 is 9.59 Å². The third-order valence-electron chi connectivity index (χ3n) is 3.22. The van der Waals surface area contributed by atoms with Gasteiger partial charge in [-0.2, -0.15) is 0 Å². The molecule has 5 heteroatoms. The summed E-state index contributed by atoms with van der Waals surface area (Å²) in [6, 6.07) is 6.85. The standard InChI is InChI=1S/C15H21N3O2/c1-5-10-18(4)14(20)17-12-8-6-11(7-9-12)15(2,3)13(16)19/h5-9H,1,10H2,2-4H3,(H2,16,19)(H,17,20). The first-order valence-electron chi connectivity index (χ1n) is 6.32. The monoisotopic (exact) mass is 275 g/mol. The van der Waals surface area contributed by atoms with Gasteiger partial charge in [0, 0.05) is 19.3 Å². The maximum Gasteiger partial charge on any atom is 0.321 e. The molecule has 0 fully saturated rings. The number of carbonyl (C=O) groups is 2. The van der Waals surface area contributed by atoms with Gasteiger partial charge >= 0.3 is 6.03 Å². The fourth-order valence-electron chi connectivity index (χ4n) is 1.61. The molecular formula is C15H21N3O2. The number of amides is 3. The molecule has 3 N–H and O–H groups in total. The van der Waals surface area contributed by atoms with Gasteiger partial charge in [0.1, 0.15) is 0 Å². The van der Waals surface area contributed by atoms with E-state index < -0.39 is 5.41 Å². The maximum absolute atomic E-state index is 11.8. The van der Waals surface area contributed by atoms with E-state index in [1.165, 1.54) is 4.90 Å². The zero-order chi connectivity index (χ0) is 15.3. The van der Waals surface area contributed by atoms with Crippen molar-refractivity contribution in [2.75, 3.05) is 18.9 Å².